The predicted molar refractivity (Wildman–Crippen MR) is 83.7 cm³/mol. The smallest absolute Gasteiger partial charge is 0.165 e. The number of aromatic nitrogens is 2. The van der Waals surface area contributed by atoms with E-state index in [2.05, 4.69) is 9.97 Å². The molecule has 2 rings (SSSR count). The van der Waals surface area contributed by atoms with Crippen molar-refractivity contribution in [3.63, 3.8) is 0 Å². The third-order valence-corrected chi connectivity index (χ3v) is 4.79. The molecule has 108 valence electrons. The van der Waals surface area contributed by atoms with Crippen LogP contribution in [-0.2, 0) is 9.84 Å². The lowest BCUT2D eigenvalue weighted by molar-refractivity contribution is 0.598. The summed E-state index contributed by atoms with van der Waals surface area (Å²) in [4.78, 5) is 7.60. The van der Waals surface area contributed by atoms with Crippen molar-refractivity contribution < 1.29 is 8.42 Å². The van der Waals surface area contributed by atoms with E-state index in [1.54, 1.807) is 11.8 Å². The van der Waals surface area contributed by atoms with Crippen molar-refractivity contribution in [3.8, 4) is 11.3 Å². The first-order valence-corrected chi connectivity index (χ1v) is 9.50. The molecule has 20 heavy (non-hydrogen) atoms. The molecule has 1 aromatic carbocycles. The summed E-state index contributed by atoms with van der Waals surface area (Å²) in [6, 6.07) is 10.0. The van der Waals surface area contributed by atoms with Gasteiger partial charge in [-0.3, -0.25) is 0 Å². The molecule has 0 bridgehead atoms. The highest BCUT2D eigenvalue weighted by molar-refractivity contribution is 7.99. The summed E-state index contributed by atoms with van der Waals surface area (Å²) >= 11 is 1.63. The fraction of sp³-hybridized carbons (Fsp3) is 0.357. The zero-order valence-electron chi connectivity index (χ0n) is 11.4. The highest BCUT2D eigenvalue weighted by atomic mass is 32.2. The normalized spacial score (nSPS) is 11.7. The largest absolute Gasteiger partial charge is 0.333 e. The Morgan fingerprint density at radius 3 is 2.65 bits per heavy atom. The van der Waals surface area contributed by atoms with E-state index in [4.69, 9.17) is 0 Å². The fourth-order valence-electron chi connectivity index (χ4n) is 1.78. The van der Waals surface area contributed by atoms with Crippen molar-refractivity contribution in [1.82, 2.24) is 9.97 Å². The topological polar surface area (TPSA) is 62.8 Å². The predicted octanol–water partition coefficient (Wildman–Crippen LogP) is 2.99. The second-order valence-corrected chi connectivity index (χ2v) is 8.00. The molecule has 1 N–H and O–H groups in total. The molecular weight excluding hydrogens is 292 g/mol. The average molecular weight is 310 g/mol. The zero-order chi connectivity index (χ0) is 14.4. The molecule has 6 heteroatoms. The van der Waals surface area contributed by atoms with Gasteiger partial charge in [0.2, 0.25) is 0 Å². The van der Waals surface area contributed by atoms with E-state index in [0.29, 0.717) is 6.42 Å². The number of benzene rings is 1. The third-order valence-electron chi connectivity index (χ3n) is 2.79. The molecule has 4 nitrogen and oxygen atoms in total. The fourth-order valence-corrected chi connectivity index (χ4v) is 3.36. The van der Waals surface area contributed by atoms with Crippen LogP contribution in [0.2, 0.25) is 0 Å². The van der Waals surface area contributed by atoms with Crippen molar-refractivity contribution in [2.45, 2.75) is 18.0 Å². The van der Waals surface area contributed by atoms with Crippen LogP contribution in [-0.4, -0.2) is 36.1 Å². The standard InChI is InChI=1S/C14H18N2O2S2/c1-20(17,18)10-6-5-9-19-14-15-11-13(16-14)12-7-3-2-4-8-12/h2-4,7-8,11H,5-6,9-10H2,1H3,(H,15,16). The SMILES string of the molecule is CS(=O)(=O)CCCCSc1ncc(-c2ccccc2)[nH]1. The quantitative estimate of drug-likeness (QED) is 0.631. The molecule has 0 spiro atoms. The van der Waals surface area contributed by atoms with Gasteiger partial charge in [0.05, 0.1) is 11.9 Å². The Kier molecular flexibility index (Phi) is 5.25. The molecule has 2 aromatic rings. The van der Waals surface area contributed by atoms with Gasteiger partial charge in [-0.15, -0.1) is 0 Å². The van der Waals surface area contributed by atoms with Gasteiger partial charge in [0.1, 0.15) is 9.84 Å². The first-order valence-electron chi connectivity index (χ1n) is 6.45. The first kappa shape index (κ1) is 15.1. The first-order chi connectivity index (χ1) is 9.54. The van der Waals surface area contributed by atoms with E-state index in [-0.39, 0.29) is 5.75 Å². The minimum Gasteiger partial charge on any atom is -0.333 e. The Bertz CT molecular complexity index is 636. The van der Waals surface area contributed by atoms with Crippen LogP contribution in [0, 0.1) is 0 Å². The van der Waals surface area contributed by atoms with E-state index in [1.807, 2.05) is 36.5 Å². The van der Waals surface area contributed by atoms with Gasteiger partial charge in [0.15, 0.2) is 5.16 Å². The van der Waals surface area contributed by atoms with Crippen LogP contribution in [0.15, 0.2) is 41.7 Å². The van der Waals surface area contributed by atoms with Crippen LogP contribution in [0.25, 0.3) is 11.3 Å². The molecule has 0 aliphatic heterocycles. The van der Waals surface area contributed by atoms with Crippen molar-refractivity contribution in [1.29, 1.82) is 0 Å². The maximum atomic E-state index is 11.0. The molecule has 0 unspecified atom stereocenters. The highest BCUT2D eigenvalue weighted by Gasteiger charge is 2.04. The summed E-state index contributed by atoms with van der Waals surface area (Å²) in [5.41, 5.74) is 2.12. The summed E-state index contributed by atoms with van der Waals surface area (Å²) in [6.07, 6.45) is 4.68. The Balaban J connectivity index is 1.79. The van der Waals surface area contributed by atoms with E-state index < -0.39 is 9.84 Å². The van der Waals surface area contributed by atoms with Gasteiger partial charge in [-0.1, -0.05) is 42.1 Å². The second-order valence-electron chi connectivity index (χ2n) is 4.65. The number of H-pyrrole nitrogens is 1. The van der Waals surface area contributed by atoms with Gasteiger partial charge in [-0.25, -0.2) is 13.4 Å². The van der Waals surface area contributed by atoms with Crippen LogP contribution in [0.3, 0.4) is 0 Å². The number of hydrogen-bond donors (Lipinski definition) is 1. The van der Waals surface area contributed by atoms with Crippen molar-refractivity contribution in [2.75, 3.05) is 17.8 Å². The number of sulfone groups is 1. The molecule has 0 radical (unpaired) electrons. The molecule has 1 aromatic heterocycles. The number of nitrogens with zero attached hydrogens (tertiary/aromatic N) is 1. The van der Waals surface area contributed by atoms with Crippen molar-refractivity contribution in [2.24, 2.45) is 0 Å². The van der Waals surface area contributed by atoms with Crippen LogP contribution >= 0.6 is 11.8 Å². The van der Waals surface area contributed by atoms with Gasteiger partial charge < -0.3 is 4.98 Å². The molecule has 0 saturated carbocycles. The number of thioether (sulfide) groups is 1. The minimum atomic E-state index is -2.83. The molecular formula is C14H18N2O2S2. The van der Waals surface area contributed by atoms with E-state index in [9.17, 15) is 8.42 Å². The maximum absolute atomic E-state index is 11.0. The van der Waals surface area contributed by atoms with Gasteiger partial charge >= 0.3 is 0 Å². The average Bonchev–Trinajstić information content (AvgIpc) is 2.87. The Hall–Kier alpha value is -1.27. The van der Waals surface area contributed by atoms with Crippen LogP contribution in [0.4, 0.5) is 0 Å². The monoisotopic (exact) mass is 310 g/mol. The minimum absolute atomic E-state index is 0.265. The number of nitrogens with one attached hydrogen (secondary N) is 1. The zero-order valence-corrected chi connectivity index (χ0v) is 13.0. The lowest BCUT2D eigenvalue weighted by atomic mass is 10.2. The Morgan fingerprint density at radius 1 is 1.20 bits per heavy atom. The molecule has 0 amide bonds. The number of unbranched alkanes of at least 4 members (excludes halogenated alkanes) is 1. The van der Waals surface area contributed by atoms with Crippen molar-refractivity contribution in [3.05, 3.63) is 36.5 Å². The summed E-state index contributed by atoms with van der Waals surface area (Å²) in [7, 11) is -2.83. The number of aromatic amines is 1. The Labute approximate surface area is 123 Å². The lowest BCUT2D eigenvalue weighted by Gasteiger charge is -1.99. The van der Waals surface area contributed by atoms with Gasteiger partial charge in [0.25, 0.3) is 0 Å². The second kappa shape index (κ2) is 6.95. The van der Waals surface area contributed by atoms with E-state index in [1.165, 1.54) is 6.26 Å². The molecule has 0 atom stereocenters. The molecule has 0 aliphatic rings. The van der Waals surface area contributed by atoms with Gasteiger partial charge in [0, 0.05) is 17.8 Å². The van der Waals surface area contributed by atoms with E-state index >= 15 is 0 Å². The van der Waals surface area contributed by atoms with Gasteiger partial charge in [-0.2, -0.15) is 0 Å². The van der Waals surface area contributed by atoms with E-state index in [0.717, 1.165) is 28.6 Å². The molecule has 0 saturated heterocycles. The number of imidazole rings is 1. The molecule has 0 aliphatic carbocycles. The number of hydrogen-bond acceptors (Lipinski definition) is 4. The highest BCUT2D eigenvalue weighted by Crippen LogP contribution is 2.21. The van der Waals surface area contributed by atoms with Crippen molar-refractivity contribution >= 4 is 21.6 Å². The number of rotatable bonds is 7. The summed E-state index contributed by atoms with van der Waals surface area (Å²) < 4.78 is 22.0. The van der Waals surface area contributed by atoms with Crippen LogP contribution in [0.5, 0.6) is 0 Å². The summed E-state index contributed by atoms with van der Waals surface area (Å²) in [5.74, 6) is 1.14. The summed E-state index contributed by atoms with van der Waals surface area (Å²) in [5, 5.41) is 0.878. The maximum Gasteiger partial charge on any atom is 0.165 e. The molecule has 0 fully saturated rings. The van der Waals surface area contributed by atoms with Crippen LogP contribution < -0.4 is 0 Å². The third kappa shape index (κ3) is 5.02. The lowest BCUT2D eigenvalue weighted by Crippen LogP contribution is -2.02. The van der Waals surface area contributed by atoms with Crippen LogP contribution in [0.1, 0.15) is 12.8 Å². The Morgan fingerprint density at radius 2 is 1.95 bits per heavy atom. The van der Waals surface area contributed by atoms with Gasteiger partial charge in [-0.05, 0) is 18.4 Å². The molecule has 1 heterocycles. The summed E-state index contributed by atoms with van der Waals surface area (Å²) in [6.45, 7) is 0.